The molecule has 2 heteroatoms. The quantitative estimate of drug-likeness (QED) is 0.723. The van der Waals surface area contributed by atoms with Crippen LogP contribution in [0.25, 0.3) is 0 Å². The number of hydrogen-bond acceptors (Lipinski definition) is 2. The smallest absolute Gasteiger partial charge is 0.0577 e. The van der Waals surface area contributed by atoms with Crippen molar-refractivity contribution >= 4 is 0 Å². The number of aliphatic hydroxyl groups excluding tert-OH is 2. The largest absolute Gasteiger partial charge is 0.395 e. The maximum atomic E-state index is 10.3. The van der Waals surface area contributed by atoms with Gasteiger partial charge in [0.1, 0.15) is 0 Å². The van der Waals surface area contributed by atoms with Crippen LogP contribution in [0.3, 0.4) is 0 Å². The first kappa shape index (κ1) is 14.3. The van der Waals surface area contributed by atoms with Crippen molar-refractivity contribution in [3.8, 4) is 0 Å². The minimum absolute atomic E-state index is 0.0199. The van der Waals surface area contributed by atoms with Crippen molar-refractivity contribution < 1.29 is 10.2 Å². The van der Waals surface area contributed by atoms with E-state index in [1.807, 2.05) is 0 Å². The molecule has 0 aromatic heterocycles. The predicted octanol–water partition coefficient (Wildman–Crippen LogP) is 3.67. The van der Waals surface area contributed by atoms with E-state index in [0.29, 0.717) is 17.9 Å². The Morgan fingerprint density at radius 3 is 2.81 bits per heavy atom. The molecule has 3 saturated carbocycles. The lowest BCUT2D eigenvalue weighted by Gasteiger charge is -2.57. The summed E-state index contributed by atoms with van der Waals surface area (Å²) in [4.78, 5) is 0. The lowest BCUT2D eigenvalue weighted by atomic mass is 9.48. The van der Waals surface area contributed by atoms with Gasteiger partial charge >= 0.3 is 0 Å². The zero-order valence-corrected chi connectivity index (χ0v) is 13.4. The molecule has 0 aromatic rings. The van der Waals surface area contributed by atoms with Gasteiger partial charge in [0, 0.05) is 5.41 Å². The Morgan fingerprint density at radius 1 is 1.14 bits per heavy atom. The van der Waals surface area contributed by atoms with Crippen LogP contribution in [0.5, 0.6) is 0 Å². The summed E-state index contributed by atoms with van der Waals surface area (Å²) in [6, 6.07) is 0. The maximum absolute atomic E-state index is 10.3. The Bertz CT molecular complexity index is 456. The van der Waals surface area contributed by atoms with Crippen LogP contribution in [0.15, 0.2) is 11.6 Å². The molecule has 3 fully saturated rings. The van der Waals surface area contributed by atoms with Gasteiger partial charge in [0.2, 0.25) is 0 Å². The molecule has 21 heavy (non-hydrogen) atoms. The summed E-state index contributed by atoms with van der Waals surface area (Å²) in [7, 11) is 0. The minimum Gasteiger partial charge on any atom is -0.395 e. The molecule has 0 saturated heterocycles. The molecule has 4 rings (SSSR count). The second-order valence-corrected chi connectivity index (χ2v) is 8.64. The lowest BCUT2D eigenvalue weighted by Crippen LogP contribution is -2.52. The Morgan fingerprint density at radius 2 is 2.00 bits per heavy atom. The lowest BCUT2D eigenvalue weighted by molar-refractivity contribution is -0.0648. The first-order valence-corrected chi connectivity index (χ1v) is 9.07. The van der Waals surface area contributed by atoms with Crippen molar-refractivity contribution in [1.82, 2.24) is 0 Å². The fourth-order valence-corrected chi connectivity index (χ4v) is 6.73. The zero-order chi connectivity index (χ0) is 14.7. The van der Waals surface area contributed by atoms with E-state index in [1.165, 1.54) is 44.1 Å². The topological polar surface area (TPSA) is 40.5 Å². The molecule has 4 aliphatic rings. The summed E-state index contributed by atoms with van der Waals surface area (Å²) < 4.78 is 0. The third kappa shape index (κ3) is 1.91. The van der Waals surface area contributed by atoms with Crippen LogP contribution in [0.1, 0.15) is 64.7 Å². The number of aliphatic hydroxyl groups is 2. The molecule has 0 spiro atoms. The highest BCUT2D eigenvalue weighted by Gasteiger charge is 2.57. The van der Waals surface area contributed by atoms with Crippen LogP contribution >= 0.6 is 0 Å². The summed E-state index contributed by atoms with van der Waals surface area (Å²) in [5.74, 6) is 2.34. The molecule has 2 N–H and O–H groups in total. The highest BCUT2D eigenvalue weighted by Crippen LogP contribution is 2.64. The maximum Gasteiger partial charge on any atom is 0.0577 e. The van der Waals surface area contributed by atoms with Gasteiger partial charge in [-0.05, 0) is 74.5 Å². The molecule has 0 aromatic carbocycles. The standard InChI is InChI=1S/C19H30O2/c1-18-8-2-3-16(18)15-5-4-13-11-14(21)6-10-19(13,12-20)17(15)7-9-18/h4,14-17,20-21H,2-3,5-12H2,1H3/t14?,15-,16-,17-,18-,19+/m0/s1. The van der Waals surface area contributed by atoms with Crippen molar-refractivity contribution in [3.63, 3.8) is 0 Å². The van der Waals surface area contributed by atoms with Gasteiger partial charge in [0.25, 0.3) is 0 Å². The molecule has 0 bridgehead atoms. The predicted molar refractivity (Wildman–Crippen MR) is 83.7 cm³/mol. The average Bonchev–Trinajstić information content (AvgIpc) is 2.88. The van der Waals surface area contributed by atoms with Gasteiger partial charge in [-0.3, -0.25) is 0 Å². The van der Waals surface area contributed by atoms with Crippen molar-refractivity contribution in [2.45, 2.75) is 70.8 Å². The summed E-state index contributed by atoms with van der Waals surface area (Å²) in [6.07, 6.45) is 13.0. The number of allylic oxidation sites excluding steroid dienone is 1. The van der Waals surface area contributed by atoms with E-state index in [1.54, 1.807) is 0 Å². The van der Waals surface area contributed by atoms with Crippen LogP contribution in [-0.4, -0.2) is 22.9 Å². The first-order chi connectivity index (χ1) is 10.1. The first-order valence-electron chi connectivity index (χ1n) is 9.07. The highest BCUT2D eigenvalue weighted by atomic mass is 16.3. The Kier molecular flexibility index (Phi) is 3.28. The molecule has 6 atom stereocenters. The van der Waals surface area contributed by atoms with E-state index >= 15 is 0 Å². The van der Waals surface area contributed by atoms with Crippen LogP contribution in [0, 0.1) is 28.6 Å². The summed E-state index contributed by atoms with van der Waals surface area (Å²) in [6.45, 7) is 2.83. The van der Waals surface area contributed by atoms with E-state index in [9.17, 15) is 10.2 Å². The molecular formula is C19H30O2. The number of fused-ring (bicyclic) bond motifs is 5. The van der Waals surface area contributed by atoms with Gasteiger partial charge in [-0.1, -0.05) is 25.0 Å². The van der Waals surface area contributed by atoms with E-state index in [4.69, 9.17) is 0 Å². The van der Waals surface area contributed by atoms with E-state index in [0.717, 1.165) is 31.1 Å². The van der Waals surface area contributed by atoms with Crippen LogP contribution in [0.2, 0.25) is 0 Å². The van der Waals surface area contributed by atoms with Crippen LogP contribution in [-0.2, 0) is 0 Å². The number of rotatable bonds is 1. The van der Waals surface area contributed by atoms with Crippen LogP contribution in [0.4, 0.5) is 0 Å². The second-order valence-electron chi connectivity index (χ2n) is 8.64. The molecule has 0 aliphatic heterocycles. The summed E-state index contributed by atoms with van der Waals surface area (Å²) in [5.41, 5.74) is 2.00. The van der Waals surface area contributed by atoms with Gasteiger partial charge in [0.15, 0.2) is 0 Å². The average molecular weight is 290 g/mol. The Balaban J connectivity index is 1.70. The van der Waals surface area contributed by atoms with Crippen molar-refractivity contribution in [2.24, 2.45) is 28.6 Å². The van der Waals surface area contributed by atoms with E-state index in [2.05, 4.69) is 13.0 Å². The molecule has 4 aliphatic carbocycles. The molecule has 0 amide bonds. The third-order valence-electron chi connectivity index (χ3n) is 7.87. The van der Waals surface area contributed by atoms with Gasteiger partial charge in [-0.25, -0.2) is 0 Å². The highest BCUT2D eigenvalue weighted by molar-refractivity contribution is 5.26. The van der Waals surface area contributed by atoms with Crippen molar-refractivity contribution in [2.75, 3.05) is 6.61 Å². The Labute approximate surface area is 128 Å². The third-order valence-corrected chi connectivity index (χ3v) is 7.87. The molecular weight excluding hydrogens is 260 g/mol. The van der Waals surface area contributed by atoms with Gasteiger partial charge in [0.05, 0.1) is 12.7 Å². The minimum atomic E-state index is -0.173. The molecule has 1 unspecified atom stereocenters. The molecule has 2 nitrogen and oxygen atoms in total. The van der Waals surface area contributed by atoms with Gasteiger partial charge < -0.3 is 10.2 Å². The summed E-state index contributed by atoms with van der Waals surface area (Å²) in [5, 5.41) is 20.3. The van der Waals surface area contributed by atoms with Crippen LogP contribution < -0.4 is 0 Å². The van der Waals surface area contributed by atoms with Gasteiger partial charge in [-0.2, -0.15) is 0 Å². The SMILES string of the molecule is C[C@@]12CCC[C@H]1[C@@H]1CC=C3CC(O)CC[C@]3(CO)[C@H]1CC2. The van der Waals surface area contributed by atoms with Crippen molar-refractivity contribution in [3.05, 3.63) is 11.6 Å². The van der Waals surface area contributed by atoms with Gasteiger partial charge in [-0.15, -0.1) is 0 Å². The monoisotopic (exact) mass is 290 g/mol. The van der Waals surface area contributed by atoms with E-state index < -0.39 is 0 Å². The molecule has 0 heterocycles. The summed E-state index contributed by atoms with van der Waals surface area (Å²) >= 11 is 0. The second kappa shape index (κ2) is 4.83. The fraction of sp³-hybridized carbons (Fsp3) is 0.895. The van der Waals surface area contributed by atoms with Crippen molar-refractivity contribution in [1.29, 1.82) is 0 Å². The molecule has 0 radical (unpaired) electrons. The fourth-order valence-electron chi connectivity index (χ4n) is 6.73. The number of hydrogen-bond donors (Lipinski definition) is 2. The Hall–Kier alpha value is -0.340. The normalized spacial score (nSPS) is 52.6. The van der Waals surface area contributed by atoms with E-state index in [-0.39, 0.29) is 11.5 Å². The molecule has 118 valence electrons. The zero-order valence-electron chi connectivity index (χ0n) is 13.4.